The van der Waals surface area contributed by atoms with E-state index in [0.29, 0.717) is 5.92 Å². The molecule has 1 unspecified atom stereocenters. The number of ether oxygens (including phenoxy) is 1. The Hall–Kier alpha value is -1.02. The Bertz CT molecular complexity index is 373. The zero-order chi connectivity index (χ0) is 12.3. The Labute approximate surface area is 104 Å². The summed E-state index contributed by atoms with van der Waals surface area (Å²) < 4.78 is 5.70. The SMILES string of the molecule is CCCOc1cccc(C2CCNC2(C)C)c1. The van der Waals surface area contributed by atoms with Crippen molar-refractivity contribution in [2.24, 2.45) is 0 Å². The summed E-state index contributed by atoms with van der Waals surface area (Å²) in [6.07, 6.45) is 2.27. The molecule has 17 heavy (non-hydrogen) atoms. The summed E-state index contributed by atoms with van der Waals surface area (Å²) in [6.45, 7) is 8.61. The molecule has 1 N–H and O–H groups in total. The van der Waals surface area contributed by atoms with E-state index in [0.717, 1.165) is 25.3 Å². The Morgan fingerprint density at radius 1 is 1.41 bits per heavy atom. The lowest BCUT2D eigenvalue weighted by molar-refractivity contribution is 0.316. The quantitative estimate of drug-likeness (QED) is 0.861. The van der Waals surface area contributed by atoms with Gasteiger partial charge in [-0.05, 0) is 50.9 Å². The van der Waals surface area contributed by atoms with Crippen molar-refractivity contribution in [2.45, 2.75) is 45.1 Å². The van der Waals surface area contributed by atoms with Crippen LogP contribution in [0.2, 0.25) is 0 Å². The molecule has 0 radical (unpaired) electrons. The monoisotopic (exact) mass is 233 g/mol. The third-order valence-electron chi connectivity index (χ3n) is 3.62. The predicted octanol–water partition coefficient (Wildman–Crippen LogP) is 3.33. The van der Waals surface area contributed by atoms with Crippen LogP contribution in [0.25, 0.3) is 0 Å². The van der Waals surface area contributed by atoms with Crippen molar-refractivity contribution in [1.82, 2.24) is 5.32 Å². The van der Waals surface area contributed by atoms with Gasteiger partial charge in [-0.2, -0.15) is 0 Å². The van der Waals surface area contributed by atoms with Gasteiger partial charge in [0.1, 0.15) is 5.75 Å². The minimum absolute atomic E-state index is 0.198. The molecule has 94 valence electrons. The number of hydrogen-bond acceptors (Lipinski definition) is 2. The molecule has 0 aliphatic carbocycles. The summed E-state index contributed by atoms with van der Waals surface area (Å²) in [5.74, 6) is 1.60. The third-order valence-corrected chi connectivity index (χ3v) is 3.62. The largest absolute Gasteiger partial charge is 0.494 e. The van der Waals surface area contributed by atoms with Gasteiger partial charge in [-0.15, -0.1) is 0 Å². The van der Waals surface area contributed by atoms with Crippen LogP contribution < -0.4 is 10.1 Å². The molecule has 0 spiro atoms. The van der Waals surface area contributed by atoms with E-state index < -0.39 is 0 Å². The Morgan fingerprint density at radius 3 is 2.88 bits per heavy atom. The van der Waals surface area contributed by atoms with Gasteiger partial charge < -0.3 is 10.1 Å². The normalized spacial score (nSPS) is 22.6. The highest BCUT2D eigenvalue weighted by atomic mass is 16.5. The van der Waals surface area contributed by atoms with Gasteiger partial charge in [0.2, 0.25) is 0 Å². The number of benzene rings is 1. The van der Waals surface area contributed by atoms with E-state index in [9.17, 15) is 0 Å². The molecule has 0 aromatic heterocycles. The van der Waals surface area contributed by atoms with E-state index in [4.69, 9.17) is 4.74 Å². The van der Waals surface area contributed by atoms with E-state index in [1.54, 1.807) is 0 Å². The molecule has 1 aliphatic heterocycles. The van der Waals surface area contributed by atoms with Crippen LogP contribution in [0.15, 0.2) is 24.3 Å². The van der Waals surface area contributed by atoms with Gasteiger partial charge in [-0.25, -0.2) is 0 Å². The molecule has 0 bridgehead atoms. The summed E-state index contributed by atoms with van der Waals surface area (Å²) >= 11 is 0. The van der Waals surface area contributed by atoms with Crippen molar-refractivity contribution in [1.29, 1.82) is 0 Å². The molecule has 1 atom stereocenters. The first kappa shape index (κ1) is 12.4. The van der Waals surface area contributed by atoms with Crippen LogP contribution in [0.4, 0.5) is 0 Å². The second-order valence-electron chi connectivity index (χ2n) is 5.41. The fourth-order valence-corrected chi connectivity index (χ4v) is 2.65. The van der Waals surface area contributed by atoms with E-state index in [2.05, 4.69) is 50.4 Å². The molecule has 1 heterocycles. The van der Waals surface area contributed by atoms with Crippen molar-refractivity contribution < 1.29 is 4.74 Å². The maximum Gasteiger partial charge on any atom is 0.119 e. The Morgan fingerprint density at radius 2 is 2.24 bits per heavy atom. The fourth-order valence-electron chi connectivity index (χ4n) is 2.65. The smallest absolute Gasteiger partial charge is 0.119 e. The van der Waals surface area contributed by atoms with Gasteiger partial charge in [0.15, 0.2) is 0 Å². The molecule has 1 aromatic rings. The zero-order valence-corrected chi connectivity index (χ0v) is 11.1. The lowest BCUT2D eigenvalue weighted by atomic mass is 9.83. The van der Waals surface area contributed by atoms with Gasteiger partial charge >= 0.3 is 0 Å². The average Bonchev–Trinajstić information content (AvgIpc) is 2.67. The number of hydrogen-bond donors (Lipinski definition) is 1. The van der Waals surface area contributed by atoms with Crippen molar-refractivity contribution >= 4 is 0 Å². The summed E-state index contributed by atoms with van der Waals surface area (Å²) in [7, 11) is 0. The molecule has 2 heteroatoms. The zero-order valence-electron chi connectivity index (χ0n) is 11.1. The highest BCUT2D eigenvalue weighted by molar-refractivity contribution is 5.33. The molecule has 2 rings (SSSR count). The van der Waals surface area contributed by atoms with Crippen LogP contribution in [-0.2, 0) is 0 Å². The maximum absolute atomic E-state index is 5.70. The van der Waals surface area contributed by atoms with Gasteiger partial charge in [-0.3, -0.25) is 0 Å². The third kappa shape index (κ3) is 2.81. The first-order valence-electron chi connectivity index (χ1n) is 6.61. The predicted molar refractivity (Wildman–Crippen MR) is 71.7 cm³/mol. The first-order valence-corrected chi connectivity index (χ1v) is 6.61. The van der Waals surface area contributed by atoms with Crippen molar-refractivity contribution in [2.75, 3.05) is 13.2 Å². The molecule has 1 saturated heterocycles. The Balaban J connectivity index is 2.15. The lowest BCUT2D eigenvalue weighted by Crippen LogP contribution is -2.36. The van der Waals surface area contributed by atoms with Crippen molar-refractivity contribution in [3.63, 3.8) is 0 Å². The van der Waals surface area contributed by atoms with Gasteiger partial charge in [0, 0.05) is 11.5 Å². The number of rotatable bonds is 4. The molecular formula is C15H23NO. The first-order chi connectivity index (χ1) is 8.13. The average molecular weight is 233 g/mol. The molecule has 1 aliphatic rings. The van der Waals surface area contributed by atoms with Crippen LogP contribution in [-0.4, -0.2) is 18.7 Å². The standard InChI is InChI=1S/C15H23NO/c1-4-10-17-13-7-5-6-12(11-13)14-8-9-16-15(14,2)3/h5-7,11,14,16H,4,8-10H2,1-3H3. The highest BCUT2D eigenvalue weighted by Crippen LogP contribution is 2.36. The minimum atomic E-state index is 0.198. The van der Waals surface area contributed by atoms with E-state index >= 15 is 0 Å². The lowest BCUT2D eigenvalue weighted by Gasteiger charge is -2.27. The summed E-state index contributed by atoms with van der Waals surface area (Å²) in [5.41, 5.74) is 1.59. The molecular weight excluding hydrogens is 210 g/mol. The molecule has 0 amide bonds. The molecule has 2 nitrogen and oxygen atoms in total. The number of nitrogens with one attached hydrogen (secondary N) is 1. The second-order valence-corrected chi connectivity index (χ2v) is 5.41. The van der Waals surface area contributed by atoms with Crippen LogP contribution in [0, 0.1) is 0 Å². The van der Waals surface area contributed by atoms with Crippen LogP contribution in [0.1, 0.15) is 45.1 Å². The van der Waals surface area contributed by atoms with Gasteiger partial charge in [-0.1, -0.05) is 19.1 Å². The molecule has 1 aromatic carbocycles. The maximum atomic E-state index is 5.70. The van der Waals surface area contributed by atoms with Crippen molar-refractivity contribution in [3.8, 4) is 5.75 Å². The van der Waals surface area contributed by atoms with E-state index in [1.165, 1.54) is 12.0 Å². The van der Waals surface area contributed by atoms with Crippen molar-refractivity contribution in [3.05, 3.63) is 29.8 Å². The summed E-state index contributed by atoms with van der Waals surface area (Å²) in [5, 5.41) is 3.57. The van der Waals surface area contributed by atoms with Crippen LogP contribution >= 0.6 is 0 Å². The minimum Gasteiger partial charge on any atom is -0.494 e. The molecule has 1 fully saturated rings. The van der Waals surface area contributed by atoms with Gasteiger partial charge in [0.05, 0.1) is 6.61 Å². The second kappa shape index (κ2) is 5.09. The van der Waals surface area contributed by atoms with E-state index in [1.807, 2.05) is 0 Å². The van der Waals surface area contributed by atoms with Crippen LogP contribution in [0.5, 0.6) is 5.75 Å². The summed E-state index contributed by atoms with van der Waals surface area (Å²) in [4.78, 5) is 0. The fraction of sp³-hybridized carbons (Fsp3) is 0.600. The summed E-state index contributed by atoms with van der Waals surface area (Å²) in [6, 6.07) is 8.58. The van der Waals surface area contributed by atoms with Gasteiger partial charge in [0.25, 0.3) is 0 Å². The van der Waals surface area contributed by atoms with Crippen LogP contribution in [0.3, 0.4) is 0 Å². The Kier molecular flexibility index (Phi) is 3.72. The topological polar surface area (TPSA) is 21.3 Å². The van der Waals surface area contributed by atoms with E-state index in [-0.39, 0.29) is 5.54 Å². The molecule has 0 saturated carbocycles. The highest BCUT2D eigenvalue weighted by Gasteiger charge is 2.34.